The van der Waals surface area contributed by atoms with Crippen LogP contribution in [0.5, 0.6) is 17.4 Å². The first-order valence-corrected chi connectivity index (χ1v) is 5.54. The molecular formula is C12H12N4O4. The van der Waals surface area contributed by atoms with E-state index in [-0.39, 0.29) is 23.1 Å². The Bertz CT molecular complexity index is 651. The van der Waals surface area contributed by atoms with Crippen LogP contribution in [0.1, 0.15) is 16.1 Å². The van der Waals surface area contributed by atoms with Gasteiger partial charge in [0.15, 0.2) is 5.69 Å². The number of hydrogen-bond donors (Lipinski definition) is 4. The van der Waals surface area contributed by atoms with Crippen molar-refractivity contribution < 1.29 is 19.7 Å². The van der Waals surface area contributed by atoms with Gasteiger partial charge < -0.3 is 19.9 Å². The predicted octanol–water partition coefficient (Wildman–Crippen LogP) is 0.593. The largest absolute Gasteiger partial charge is 0.508 e. The van der Waals surface area contributed by atoms with Gasteiger partial charge in [0.25, 0.3) is 5.91 Å². The molecule has 0 fully saturated rings. The highest BCUT2D eigenvalue weighted by molar-refractivity contribution is 5.95. The Kier molecular flexibility index (Phi) is 3.85. The zero-order valence-corrected chi connectivity index (χ0v) is 10.5. The first-order chi connectivity index (χ1) is 9.61. The minimum absolute atomic E-state index is 0.0640. The number of phenols is 2. The maximum atomic E-state index is 11.7. The van der Waals surface area contributed by atoms with Crippen LogP contribution in [0.25, 0.3) is 0 Å². The topological polar surface area (TPSA) is 120 Å². The van der Waals surface area contributed by atoms with E-state index in [1.165, 1.54) is 37.9 Å². The number of nitrogens with one attached hydrogen (secondary N) is 2. The summed E-state index contributed by atoms with van der Waals surface area (Å²) in [5.74, 6) is -0.591. The van der Waals surface area contributed by atoms with Gasteiger partial charge in [0, 0.05) is 11.6 Å². The van der Waals surface area contributed by atoms with Gasteiger partial charge in [0.1, 0.15) is 11.5 Å². The molecule has 1 aromatic heterocycles. The summed E-state index contributed by atoms with van der Waals surface area (Å²) >= 11 is 0. The third kappa shape index (κ3) is 2.86. The summed E-state index contributed by atoms with van der Waals surface area (Å²) in [7, 11) is 1.39. The van der Waals surface area contributed by atoms with Crippen LogP contribution in [-0.4, -0.2) is 39.4 Å². The summed E-state index contributed by atoms with van der Waals surface area (Å²) in [5, 5.41) is 22.4. The lowest BCUT2D eigenvalue weighted by atomic mass is 10.2. The van der Waals surface area contributed by atoms with E-state index in [2.05, 4.69) is 20.5 Å². The molecule has 0 radical (unpaired) electrons. The number of phenolic OH excluding ortho intramolecular Hbond substituents is 2. The molecule has 0 saturated carbocycles. The average molecular weight is 276 g/mol. The van der Waals surface area contributed by atoms with Gasteiger partial charge in [-0.25, -0.2) is 10.4 Å². The van der Waals surface area contributed by atoms with Crippen LogP contribution in [0.3, 0.4) is 0 Å². The molecule has 2 aromatic rings. The zero-order chi connectivity index (χ0) is 14.5. The van der Waals surface area contributed by atoms with Gasteiger partial charge in [-0.15, -0.1) is 0 Å². The van der Waals surface area contributed by atoms with Gasteiger partial charge in [0.05, 0.1) is 19.7 Å². The highest BCUT2D eigenvalue weighted by Gasteiger charge is 2.13. The number of ether oxygens (including phenoxy) is 1. The number of carbonyl (C=O) groups is 1. The number of hydrogen-bond acceptors (Lipinski definition) is 6. The number of rotatable bonds is 4. The molecule has 0 bridgehead atoms. The standard InChI is InChI=1S/C12H12N4O4/c1-20-12-10(13-6-14-12)11(19)16-15-5-7-2-3-8(17)4-9(7)18/h2-6,17-18H,1H3,(H,13,14)(H,16,19)/b15-5+. The highest BCUT2D eigenvalue weighted by atomic mass is 16.5. The fraction of sp³-hybridized carbons (Fsp3) is 0.0833. The summed E-state index contributed by atoms with van der Waals surface area (Å²) in [6.45, 7) is 0. The minimum Gasteiger partial charge on any atom is -0.508 e. The Morgan fingerprint density at radius 3 is 3.00 bits per heavy atom. The molecule has 0 saturated heterocycles. The highest BCUT2D eigenvalue weighted by Crippen LogP contribution is 2.20. The Labute approximate surface area is 113 Å². The molecule has 1 amide bonds. The Balaban J connectivity index is 2.05. The van der Waals surface area contributed by atoms with Crippen molar-refractivity contribution in [3.8, 4) is 17.4 Å². The van der Waals surface area contributed by atoms with Crippen molar-refractivity contribution in [2.24, 2.45) is 5.10 Å². The normalized spacial score (nSPS) is 10.7. The number of benzene rings is 1. The van der Waals surface area contributed by atoms with Crippen molar-refractivity contribution in [1.29, 1.82) is 0 Å². The fourth-order valence-corrected chi connectivity index (χ4v) is 1.46. The van der Waals surface area contributed by atoms with Gasteiger partial charge in [-0.2, -0.15) is 5.10 Å². The maximum absolute atomic E-state index is 11.7. The molecule has 8 heteroatoms. The average Bonchev–Trinajstić information content (AvgIpc) is 2.89. The molecule has 0 aliphatic rings. The molecule has 104 valence electrons. The molecular weight excluding hydrogens is 264 g/mol. The number of aromatic nitrogens is 2. The lowest BCUT2D eigenvalue weighted by molar-refractivity contribution is 0.0947. The second kappa shape index (κ2) is 5.74. The van der Waals surface area contributed by atoms with Crippen LogP contribution < -0.4 is 10.2 Å². The Morgan fingerprint density at radius 1 is 1.50 bits per heavy atom. The second-order valence-corrected chi connectivity index (χ2v) is 3.73. The molecule has 0 unspecified atom stereocenters. The number of nitrogens with zero attached hydrogens (tertiary/aromatic N) is 2. The summed E-state index contributed by atoms with van der Waals surface area (Å²) < 4.78 is 4.88. The lowest BCUT2D eigenvalue weighted by Crippen LogP contribution is -2.18. The Morgan fingerprint density at radius 2 is 2.30 bits per heavy atom. The van der Waals surface area contributed by atoms with Crippen molar-refractivity contribution >= 4 is 12.1 Å². The molecule has 20 heavy (non-hydrogen) atoms. The zero-order valence-electron chi connectivity index (χ0n) is 10.5. The van der Waals surface area contributed by atoms with E-state index >= 15 is 0 Å². The number of hydrazone groups is 1. The summed E-state index contributed by atoms with van der Waals surface area (Å²) in [6, 6.07) is 4.01. The number of aromatic hydroxyl groups is 2. The first kappa shape index (κ1) is 13.4. The van der Waals surface area contributed by atoms with Crippen LogP contribution in [0.2, 0.25) is 0 Å². The van der Waals surface area contributed by atoms with E-state index < -0.39 is 5.91 Å². The van der Waals surface area contributed by atoms with Gasteiger partial charge in [-0.3, -0.25) is 4.79 Å². The van der Waals surface area contributed by atoms with E-state index in [9.17, 15) is 9.90 Å². The van der Waals surface area contributed by atoms with Crippen LogP contribution in [-0.2, 0) is 0 Å². The van der Waals surface area contributed by atoms with Crippen LogP contribution >= 0.6 is 0 Å². The number of aromatic amines is 1. The molecule has 0 aliphatic heterocycles. The van der Waals surface area contributed by atoms with E-state index in [0.29, 0.717) is 5.56 Å². The first-order valence-electron chi connectivity index (χ1n) is 5.54. The van der Waals surface area contributed by atoms with Gasteiger partial charge in [-0.1, -0.05) is 0 Å². The van der Waals surface area contributed by atoms with E-state index in [0.717, 1.165) is 0 Å². The quantitative estimate of drug-likeness (QED) is 0.481. The van der Waals surface area contributed by atoms with Crippen molar-refractivity contribution in [1.82, 2.24) is 15.4 Å². The van der Waals surface area contributed by atoms with Gasteiger partial charge in [-0.05, 0) is 12.1 Å². The minimum atomic E-state index is -0.533. The van der Waals surface area contributed by atoms with Crippen LogP contribution in [0.4, 0.5) is 0 Å². The number of amides is 1. The van der Waals surface area contributed by atoms with Crippen molar-refractivity contribution in [2.75, 3.05) is 7.11 Å². The second-order valence-electron chi connectivity index (χ2n) is 3.73. The number of imidazole rings is 1. The third-order valence-electron chi connectivity index (χ3n) is 2.41. The number of carbonyl (C=O) groups excluding carboxylic acids is 1. The van der Waals surface area contributed by atoms with Crippen molar-refractivity contribution in [3.05, 3.63) is 35.8 Å². The van der Waals surface area contributed by atoms with Crippen molar-refractivity contribution in [3.63, 3.8) is 0 Å². The molecule has 0 atom stereocenters. The van der Waals surface area contributed by atoms with Gasteiger partial charge >= 0.3 is 0 Å². The van der Waals surface area contributed by atoms with Crippen LogP contribution in [0, 0.1) is 0 Å². The SMILES string of the molecule is COc1nc[nH]c1C(=O)N/N=C/c1ccc(O)cc1O. The molecule has 1 heterocycles. The molecule has 0 aliphatic carbocycles. The maximum Gasteiger partial charge on any atom is 0.293 e. The molecule has 8 nitrogen and oxygen atoms in total. The molecule has 1 aromatic carbocycles. The van der Waals surface area contributed by atoms with Gasteiger partial charge in [0.2, 0.25) is 5.88 Å². The van der Waals surface area contributed by atoms with Crippen LogP contribution in [0.15, 0.2) is 29.6 Å². The third-order valence-corrected chi connectivity index (χ3v) is 2.41. The van der Waals surface area contributed by atoms with Crippen molar-refractivity contribution in [2.45, 2.75) is 0 Å². The smallest absolute Gasteiger partial charge is 0.293 e. The summed E-state index contributed by atoms with van der Waals surface area (Å²) in [4.78, 5) is 18.1. The monoisotopic (exact) mass is 276 g/mol. The number of methoxy groups -OCH3 is 1. The predicted molar refractivity (Wildman–Crippen MR) is 70.0 cm³/mol. The number of H-pyrrole nitrogens is 1. The molecule has 0 spiro atoms. The lowest BCUT2D eigenvalue weighted by Gasteiger charge is -2.01. The summed E-state index contributed by atoms with van der Waals surface area (Å²) in [5.41, 5.74) is 2.74. The Hall–Kier alpha value is -3.03. The van der Waals surface area contributed by atoms with E-state index in [1.54, 1.807) is 0 Å². The molecule has 2 rings (SSSR count). The molecule has 4 N–H and O–H groups in total. The summed E-state index contributed by atoms with van der Waals surface area (Å²) in [6.07, 6.45) is 2.57. The van der Waals surface area contributed by atoms with E-state index in [1.807, 2.05) is 0 Å². The fourth-order valence-electron chi connectivity index (χ4n) is 1.46. The van der Waals surface area contributed by atoms with E-state index in [4.69, 9.17) is 9.84 Å².